The lowest BCUT2D eigenvalue weighted by Crippen LogP contribution is -3.06. The largest absolute Gasteiger partial charge is 0.871 e. The molecule has 0 fully saturated rings. The van der Waals surface area contributed by atoms with Gasteiger partial charge in [-0.05, 0) is 12.1 Å². The number of aromatic carboxylic acids is 1. The van der Waals surface area contributed by atoms with Crippen molar-refractivity contribution >= 4 is 17.6 Å². The quantitative estimate of drug-likeness (QED) is 0.667. The minimum Gasteiger partial charge on any atom is -0.871 e. The summed E-state index contributed by atoms with van der Waals surface area (Å²) in [7, 11) is 4.02. The van der Waals surface area contributed by atoms with E-state index in [2.05, 4.69) is 0 Å². The van der Waals surface area contributed by atoms with Crippen LogP contribution in [0.1, 0.15) is 10.4 Å². The molecule has 0 bridgehead atoms. The molecule has 0 aliphatic rings. The lowest BCUT2D eigenvalue weighted by molar-refractivity contribution is -0.858. The summed E-state index contributed by atoms with van der Waals surface area (Å²) in [5.74, 6) is -1.89. The van der Waals surface area contributed by atoms with Gasteiger partial charge in [-0.25, -0.2) is 4.79 Å². The van der Waals surface area contributed by atoms with E-state index in [0.717, 1.165) is 6.54 Å². The summed E-state index contributed by atoms with van der Waals surface area (Å²) in [5.41, 5.74) is -0.294. The predicted octanol–water partition coefficient (Wildman–Crippen LogP) is -0.765. The molecule has 17 heavy (non-hydrogen) atoms. The SMILES string of the molecule is C[NH+](C)CCO.O=C(O)c1cccc(Cl)c1[O-]. The van der Waals surface area contributed by atoms with Crippen LogP contribution in [0.5, 0.6) is 5.75 Å². The molecule has 0 radical (unpaired) electrons. The van der Waals surface area contributed by atoms with Gasteiger partial charge in [-0.15, -0.1) is 0 Å². The zero-order valence-corrected chi connectivity index (χ0v) is 10.5. The summed E-state index contributed by atoms with van der Waals surface area (Å²) in [4.78, 5) is 11.6. The molecule has 0 aromatic heterocycles. The number of aliphatic hydroxyl groups excluding tert-OH is 1. The first-order valence-electron chi connectivity index (χ1n) is 4.98. The maximum absolute atomic E-state index is 10.9. The molecule has 5 nitrogen and oxygen atoms in total. The van der Waals surface area contributed by atoms with E-state index in [9.17, 15) is 9.90 Å². The highest BCUT2D eigenvalue weighted by molar-refractivity contribution is 6.32. The minimum absolute atomic E-state index is 0.0649. The summed E-state index contributed by atoms with van der Waals surface area (Å²) in [6.45, 7) is 1.14. The molecule has 0 unspecified atom stereocenters. The van der Waals surface area contributed by atoms with Crippen molar-refractivity contribution < 1.29 is 25.0 Å². The van der Waals surface area contributed by atoms with Gasteiger partial charge in [0.2, 0.25) is 0 Å². The number of hydrogen-bond donors (Lipinski definition) is 3. The van der Waals surface area contributed by atoms with Crippen molar-refractivity contribution in [3.05, 3.63) is 28.8 Å². The second-order valence-electron chi connectivity index (χ2n) is 3.60. The van der Waals surface area contributed by atoms with Crippen LogP contribution in [-0.4, -0.2) is 43.4 Å². The molecule has 0 atom stereocenters. The van der Waals surface area contributed by atoms with E-state index in [1.807, 2.05) is 14.1 Å². The van der Waals surface area contributed by atoms with E-state index in [0.29, 0.717) is 6.61 Å². The number of hydrogen-bond acceptors (Lipinski definition) is 3. The van der Waals surface area contributed by atoms with Gasteiger partial charge in [0.15, 0.2) is 0 Å². The Morgan fingerprint density at radius 1 is 1.47 bits per heavy atom. The fourth-order valence-electron chi connectivity index (χ4n) is 0.901. The van der Waals surface area contributed by atoms with Gasteiger partial charge in [0.25, 0.3) is 0 Å². The van der Waals surface area contributed by atoms with Crippen LogP contribution >= 0.6 is 11.6 Å². The van der Waals surface area contributed by atoms with Crippen LogP contribution in [0, 0.1) is 0 Å². The summed E-state index contributed by atoms with van der Waals surface area (Å²) in [5, 5.41) is 27.5. The van der Waals surface area contributed by atoms with Crippen LogP contribution in [0.25, 0.3) is 0 Å². The second kappa shape index (κ2) is 7.89. The molecular formula is C11H16ClNO4. The normalized spacial score (nSPS) is 9.71. The molecule has 96 valence electrons. The van der Waals surface area contributed by atoms with Crippen LogP contribution < -0.4 is 10.0 Å². The number of carbonyl (C=O) groups is 1. The van der Waals surface area contributed by atoms with E-state index < -0.39 is 11.7 Å². The summed E-state index contributed by atoms with van der Waals surface area (Å²) in [6, 6.07) is 4.00. The Bertz CT molecular complexity index is 368. The Labute approximate surface area is 105 Å². The number of carboxylic acids is 1. The maximum Gasteiger partial charge on any atom is 0.335 e. The fraction of sp³-hybridized carbons (Fsp3) is 0.364. The van der Waals surface area contributed by atoms with Gasteiger partial charge in [-0.2, -0.15) is 0 Å². The van der Waals surface area contributed by atoms with Crippen LogP contribution in [0.3, 0.4) is 0 Å². The average molecular weight is 262 g/mol. The third-order valence-corrected chi connectivity index (χ3v) is 2.11. The Balaban J connectivity index is 0.000000366. The van der Waals surface area contributed by atoms with Crippen molar-refractivity contribution in [1.29, 1.82) is 0 Å². The molecule has 1 rings (SSSR count). The summed E-state index contributed by atoms with van der Waals surface area (Å²) in [6.07, 6.45) is 0. The van der Waals surface area contributed by atoms with Gasteiger partial charge in [-0.3, -0.25) is 0 Å². The molecule has 0 amide bonds. The monoisotopic (exact) mass is 261 g/mol. The van der Waals surface area contributed by atoms with Crippen molar-refractivity contribution in [3.8, 4) is 5.75 Å². The number of quaternary nitrogens is 1. The van der Waals surface area contributed by atoms with Crippen LogP contribution in [-0.2, 0) is 0 Å². The highest BCUT2D eigenvalue weighted by atomic mass is 35.5. The Kier molecular flexibility index (Phi) is 7.29. The number of rotatable bonds is 3. The predicted molar refractivity (Wildman–Crippen MR) is 62.6 cm³/mol. The van der Waals surface area contributed by atoms with Crippen molar-refractivity contribution in [2.75, 3.05) is 27.2 Å². The molecule has 0 spiro atoms. The van der Waals surface area contributed by atoms with Crippen LogP contribution in [0.4, 0.5) is 0 Å². The van der Waals surface area contributed by atoms with E-state index in [1.165, 1.54) is 23.1 Å². The number of likely N-dealkylation sites (N-methyl/N-ethyl adjacent to an activating group) is 1. The van der Waals surface area contributed by atoms with Crippen molar-refractivity contribution in [2.45, 2.75) is 0 Å². The third-order valence-electron chi connectivity index (χ3n) is 1.81. The first-order valence-corrected chi connectivity index (χ1v) is 5.36. The molecule has 0 saturated carbocycles. The van der Waals surface area contributed by atoms with Gasteiger partial charge in [0.1, 0.15) is 6.54 Å². The number of aliphatic hydroxyl groups is 1. The van der Waals surface area contributed by atoms with E-state index in [1.54, 1.807) is 0 Å². The molecule has 0 aliphatic carbocycles. The fourth-order valence-corrected chi connectivity index (χ4v) is 1.08. The molecule has 0 saturated heterocycles. The molecule has 6 heteroatoms. The summed E-state index contributed by atoms with van der Waals surface area (Å²) >= 11 is 5.38. The number of carboxylic acid groups (broad SMARTS) is 1. The molecular weight excluding hydrogens is 246 g/mol. The first kappa shape index (κ1) is 15.7. The van der Waals surface area contributed by atoms with E-state index in [-0.39, 0.29) is 10.6 Å². The van der Waals surface area contributed by atoms with Gasteiger partial charge in [-0.1, -0.05) is 23.4 Å². The molecule has 0 aliphatic heterocycles. The lowest BCUT2D eigenvalue weighted by Gasteiger charge is -2.10. The van der Waals surface area contributed by atoms with Crippen molar-refractivity contribution in [1.82, 2.24) is 0 Å². The smallest absolute Gasteiger partial charge is 0.335 e. The van der Waals surface area contributed by atoms with Crippen LogP contribution in [0.15, 0.2) is 18.2 Å². The molecule has 1 aromatic rings. The van der Waals surface area contributed by atoms with Crippen LogP contribution in [0.2, 0.25) is 5.02 Å². The summed E-state index contributed by atoms with van der Waals surface area (Å²) < 4.78 is 0. The molecule has 0 heterocycles. The van der Waals surface area contributed by atoms with Gasteiger partial charge < -0.3 is 20.2 Å². The lowest BCUT2D eigenvalue weighted by atomic mass is 10.2. The number of nitrogens with one attached hydrogen (secondary N) is 1. The van der Waals surface area contributed by atoms with Crippen molar-refractivity contribution in [3.63, 3.8) is 0 Å². The second-order valence-corrected chi connectivity index (χ2v) is 4.01. The number of halogens is 1. The van der Waals surface area contributed by atoms with E-state index >= 15 is 0 Å². The van der Waals surface area contributed by atoms with Crippen molar-refractivity contribution in [2.24, 2.45) is 0 Å². The highest BCUT2D eigenvalue weighted by Crippen LogP contribution is 2.23. The zero-order valence-electron chi connectivity index (χ0n) is 9.74. The first-order chi connectivity index (χ1) is 7.90. The maximum atomic E-state index is 10.9. The van der Waals surface area contributed by atoms with E-state index in [4.69, 9.17) is 21.8 Å². The minimum atomic E-state index is -1.25. The third kappa shape index (κ3) is 6.11. The average Bonchev–Trinajstić information content (AvgIpc) is 2.22. The number of benzene rings is 1. The highest BCUT2D eigenvalue weighted by Gasteiger charge is 2.03. The Morgan fingerprint density at radius 2 is 2.06 bits per heavy atom. The van der Waals surface area contributed by atoms with Gasteiger partial charge in [0.05, 0.1) is 26.3 Å². The molecule has 3 N–H and O–H groups in total. The Morgan fingerprint density at radius 3 is 2.35 bits per heavy atom. The van der Waals surface area contributed by atoms with Gasteiger partial charge >= 0.3 is 5.97 Å². The van der Waals surface area contributed by atoms with Gasteiger partial charge in [0, 0.05) is 5.02 Å². The molecule has 1 aromatic carbocycles. The zero-order chi connectivity index (χ0) is 13.4. The topological polar surface area (TPSA) is 85.0 Å². The number of para-hydroxylation sites is 1. The Hall–Kier alpha value is -1.30. The standard InChI is InChI=1S/C7H5ClO3.C4H11NO/c8-5-3-1-2-4(6(5)9)7(10)11;1-5(2)3-4-6/h1-3,9H,(H,10,11);6H,3-4H2,1-2H3.